The van der Waals surface area contributed by atoms with E-state index in [1.165, 1.54) is 23.6 Å². The Hall–Kier alpha value is -3.96. The van der Waals surface area contributed by atoms with Gasteiger partial charge >= 0.3 is 0 Å². The van der Waals surface area contributed by atoms with Crippen molar-refractivity contribution in [1.82, 2.24) is 19.4 Å². The van der Waals surface area contributed by atoms with Gasteiger partial charge in [0.25, 0.3) is 5.91 Å². The number of piperidine rings is 1. The Kier molecular flexibility index (Phi) is 8.62. The maximum absolute atomic E-state index is 13.5. The third-order valence-corrected chi connectivity index (χ3v) is 9.04. The van der Waals surface area contributed by atoms with Gasteiger partial charge in [-0.1, -0.05) is 11.6 Å². The number of halogens is 2. The highest BCUT2D eigenvalue weighted by Gasteiger charge is 2.30. The number of anilines is 2. The minimum atomic E-state index is -0.555. The van der Waals surface area contributed by atoms with E-state index in [1.54, 1.807) is 35.9 Å². The Morgan fingerprint density at radius 3 is 2.74 bits per heavy atom. The number of carbonyl (C=O) groups is 2. The zero-order valence-corrected chi connectivity index (χ0v) is 25.3. The number of ether oxygens (including phenoxy) is 1. The van der Waals surface area contributed by atoms with Crippen LogP contribution < -0.4 is 15.0 Å². The molecule has 5 heterocycles. The molecule has 0 spiro atoms. The van der Waals surface area contributed by atoms with Crippen molar-refractivity contribution in [3.05, 3.63) is 88.2 Å². The molecule has 2 aliphatic rings. The highest BCUT2D eigenvalue weighted by molar-refractivity contribution is 7.14. The van der Waals surface area contributed by atoms with Crippen molar-refractivity contribution in [3.63, 3.8) is 0 Å². The van der Waals surface area contributed by atoms with Gasteiger partial charge in [0, 0.05) is 69.8 Å². The summed E-state index contributed by atoms with van der Waals surface area (Å²) in [5.74, 6) is -0.00991. The van der Waals surface area contributed by atoms with Crippen LogP contribution in [0.4, 0.5) is 15.2 Å². The number of rotatable bonds is 8. The highest BCUT2D eigenvalue weighted by atomic mass is 35.5. The van der Waals surface area contributed by atoms with Gasteiger partial charge in [0.05, 0.1) is 22.4 Å². The summed E-state index contributed by atoms with van der Waals surface area (Å²) >= 11 is 8.17. The number of hydrogen-bond donors (Lipinski definition) is 1. The van der Waals surface area contributed by atoms with Crippen LogP contribution in [0.15, 0.2) is 60.2 Å². The molecule has 0 radical (unpaired) electrons. The number of hydrogen-bond acceptors (Lipinski definition) is 7. The second kappa shape index (κ2) is 12.7. The first-order chi connectivity index (χ1) is 20.8. The molecule has 2 aliphatic heterocycles. The second-order valence-electron chi connectivity index (χ2n) is 10.8. The zero-order valence-electron chi connectivity index (χ0n) is 23.7. The van der Waals surface area contributed by atoms with E-state index in [1.807, 2.05) is 28.5 Å². The van der Waals surface area contributed by atoms with E-state index < -0.39 is 5.95 Å². The predicted molar refractivity (Wildman–Crippen MR) is 164 cm³/mol. The average molecular weight is 623 g/mol. The Bertz CT molecular complexity index is 1620. The molecule has 2 fully saturated rings. The van der Waals surface area contributed by atoms with Crippen molar-refractivity contribution in [3.8, 4) is 5.75 Å². The number of likely N-dealkylation sites (tertiary alicyclic amines) is 1. The molecule has 4 aromatic rings. The zero-order chi connectivity index (χ0) is 29.9. The van der Waals surface area contributed by atoms with E-state index in [0.717, 1.165) is 49.4 Å². The Morgan fingerprint density at radius 1 is 1.14 bits per heavy atom. The second-order valence-corrected chi connectivity index (χ2v) is 12.1. The van der Waals surface area contributed by atoms with Crippen molar-refractivity contribution in [2.24, 2.45) is 0 Å². The molecule has 1 atom stereocenters. The monoisotopic (exact) mass is 622 g/mol. The fraction of sp³-hybridized carbons (Fsp3) is 0.355. The van der Waals surface area contributed by atoms with E-state index >= 15 is 0 Å². The smallest absolute Gasteiger partial charge is 0.274 e. The summed E-state index contributed by atoms with van der Waals surface area (Å²) < 4.78 is 21.5. The van der Waals surface area contributed by atoms with Crippen LogP contribution in [0, 0.1) is 5.95 Å². The van der Waals surface area contributed by atoms with E-state index in [2.05, 4.69) is 15.2 Å². The average Bonchev–Trinajstić information content (AvgIpc) is 3.75. The molecule has 224 valence electrons. The van der Waals surface area contributed by atoms with Gasteiger partial charge in [0.2, 0.25) is 11.9 Å². The quantitative estimate of drug-likeness (QED) is 0.237. The van der Waals surface area contributed by atoms with Gasteiger partial charge in [-0.15, -0.1) is 11.3 Å². The number of thiazole rings is 1. The normalized spacial score (nSPS) is 17.3. The van der Waals surface area contributed by atoms with E-state index in [-0.39, 0.29) is 24.0 Å². The van der Waals surface area contributed by atoms with Crippen molar-refractivity contribution >= 4 is 45.6 Å². The molecule has 6 rings (SSSR count). The maximum Gasteiger partial charge on any atom is 0.274 e. The summed E-state index contributed by atoms with van der Waals surface area (Å²) in [5.41, 5.74) is 2.97. The molecule has 9 nitrogen and oxygen atoms in total. The topological polar surface area (TPSA) is 92.6 Å². The van der Waals surface area contributed by atoms with E-state index in [9.17, 15) is 14.0 Å². The molecule has 3 aromatic heterocycles. The number of nitrogens with zero attached hydrogens (tertiary/aromatic N) is 5. The number of amides is 2. The lowest BCUT2D eigenvalue weighted by Gasteiger charge is -2.32. The molecular weight excluding hydrogens is 591 g/mol. The van der Waals surface area contributed by atoms with Crippen molar-refractivity contribution in [2.45, 2.75) is 51.3 Å². The first-order valence-electron chi connectivity index (χ1n) is 14.3. The van der Waals surface area contributed by atoms with Crippen LogP contribution >= 0.6 is 22.9 Å². The number of benzene rings is 1. The van der Waals surface area contributed by atoms with Gasteiger partial charge in [-0.3, -0.25) is 14.9 Å². The summed E-state index contributed by atoms with van der Waals surface area (Å²) in [7, 11) is 0. The molecule has 2 saturated heterocycles. The van der Waals surface area contributed by atoms with Gasteiger partial charge in [0.1, 0.15) is 17.5 Å². The molecule has 1 aromatic carbocycles. The third-order valence-electron chi connectivity index (χ3n) is 7.96. The largest absolute Gasteiger partial charge is 0.490 e. The Morgan fingerprint density at radius 2 is 1.98 bits per heavy atom. The van der Waals surface area contributed by atoms with Crippen LogP contribution in [0.2, 0.25) is 5.02 Å². The van der Waals surface area contributed by atoms with E-state index in [0.29, 0.717) is 41.0 Å². The van der Waals surface area contributed by atoms with Gasteiger partial charge in [0.15, 0.2) is 5.13 Å². The molecular formula is C31H32ClFN6O3S. The highest BCUT2D eigenvalue weighted by Crippen LogP contribution is 2.41. The fourth-order valence-electron chi connectivity index (χ4n) is 5.79. The molecule has 2 amide bonds. The van der Waals surface area contributed by atoms with Crippen LogP contribution in [0.25, 0.3) is 0 Å². The van der Waals surface area contributed by atoms with Crippen LogP contribution in [-0.2, 0) is 11.3 Å². The van der Waals surface area contributed by atoms with Crippen LogP contribution in [-0.4, -0.2) is 57.0 Å². The summed E-state index contributed by atoms with van der Waals surface area (Å²) in [6, 6.07) is 12.4. The van der Waals surface area contributed by atoms with Crippen molar-refractivity contribution < 1.29 is 18.7 Å². The maximum atomic E-state index is 13.5. The minimum absolute atomic E-state index is 0.0347. The fourth-order valence-corrected chi connectivity index (χ4v) is 6.82. The van der Waals surface area contributed by atoms with Crippen LogP contribution in [0.5, 0.6) is 5.75 Å². The number of nitrogens with one attached hydrogen (secondary N) is 1. The van der Waals surface area contributed by atoms with Gasteiger partial charge in [-0.25, -0.2) is 9.97 Å². The first kappa shape index (κ1) is 29.1. The predicted octanol–water partition coefficient (Wildman–Crippen LogP) is 6.16. The number of carbonyl (C=O) groups excluding carboxylic acids is 2. The first-order valence-corrected chi connectivity index (χ1v) is 15.6. The van der Waals surface area contributed by atoms with E-state index in [4.69, 9.17) is 21.3 Å². The number of pyridine rings is 1. The van der Waals surface area contributed by atoms with Gasteiger partial charge in [-0.2, -0.15) is 4.39 Å². The molecule has 0 aliphatic carbocycles. The lowest BCUT2D eigenvalue weighted by atomic mass is 10.1. The third kappa shape index (κ3) is 6.67. The summed E-state index contributed by atoms with van der Waals surface area (Å²) in [5, 5.41) is 6.04. The SMILES string of the molecule is CC(=O)N1CCC(Oc2ccc(N3CCCC3c3csc(NC(=O)c4cccn4Cc4ccnc(F)c4)n3)c(Cl)c2)CC1. The summed E-state index contributed by atoms with van der Waals surface area (Å²) in [4.78, 5) is 37.2. The minimum Gasteiger partial charge on any atom is -0.490 e. The molecule has 1 unspecified atom stereocenters. The standard InChI is InChI=1S/C31H32ClFN6O3S/c1-20(40)37-14-9-22(10-15-37)42-23-6-7-26(24(32)17-23)39-13-3-4-27(39)25-19-43-31(35-25)36-30(41)28-5-2-12-38(28)18-21-8-11-34-29(33)16-21/h2,5-8,11-12,16-17,19,22,27H,3-4,9-10,13-15,18H2,1H3,(H,35,36,41). The number of aromatic nitrogens is 3. The Balaban J connectivity index is 1.10. The molecule has 0 bridgehead atoms. The molecule has 1 N–H and O–H groups in total. The van der Waals surface area contributed by atoms with Crippen LogP contribution in [0.1, 0.15) is 60.4 Å². The van der Waals surface area contributed by atoms with Gasteiger partial charge in [-0.05, 0) is 54.8 Å². The van der Waals surface area contributed by atoms with Gasteiger partial charge < -0.3 is 19.1 Å². The summed E-state index contributed by atoms with van der Waals surface area (Å²) in [6.07, 6.45) is 6.77. The summed E-state index contributed by atoms with van der Waals surface area (Å²) in [6.45, 7) is 4.20. The lowest BCUT2D eigenvalue weighted by molar-refractivity contribution is -0.130. The molecule has 0 saturated carbocycles. The Labute approximate surface area is 258 Å². The molecule has 43 heavy (non-hydrogen) atoms. The van der Waals surface area contributed by atoms with Crippen molar-refractivity contribution in [2.75, 3.05) is 29.9 Å². The van der Waals surface area contributed by atoms with Crippen LogP contribution in [0.3, 0.4) is 0 Å². The molecule has 12 heteroatoms. The van der Waals surface area contributed by atoms with Crippen molar-refractivity contribution in [1.29, 1.82) is 0 Å². The lowest BCUT2D eigenvalue weighted by Crippen LogP contribution is -2.40.